The predicted molar refractivity (Wildman–Crippen MR) is 102 cm³/mol. The van der Waals surface area contributed by atoms with Crippen LogP contribution in [0.5, 0.6) is 5.75 Å². The van der Waals surface area contributed by atoms with Gasteiger partial charge < -0.3 is 14.8 Å². The summed E-state index contributed by atoms with van der Waals surface area (Å²) in [5.74, 6) is -0.387. The highest BCUT2D eigenvalue weighted by atomic mass is 32.1. The zero-order chi connectivity index (χ0) is 19.6. The molecule has 140 valence electrons. The van der Waals surface area contributed by atoms with Crippen LogP contribution < -0.4 is 15.6 Å². The molecule has 9 heteroatoms. The van der Waals surface area contributed by atoms with Gasteiger partial charge in [-0.3, -0.25) is 19.0 Å². The second-order valence-corrected chi connectivity index (χ2v) is 6.64. The fourth-order valence-electron chi connectivity index (χ4n) is 2.62. The van der Waals surface area contributed by atoms with Crippen LogP contribution in [0.25, 0.3) is 10.2 Å². The van der Waals surface area contributed by atoms with Crippen molar-refractivity contribution in [2.45, 2.75) is 13.5 Å². The van der Waals surface area contributed by atoms with E-state index < -0.39 is 11.5 Å². The average molecular weight is 387 g/mol. The molecule has 0 atom stereocenters. The van der Waals surface area contributed by atoms with Gasteiger partial charge in [0.05, 0.1) is 36.5 Å². The second-order valence-electron chi connectivity index (χ2n) is 5.64. The van der Waals surface area contributed by atoms with Gasteiger partial charge in [0, 0.05) is 0 Å². The molecule has 27 heavy (non-hydrogen) atoms. The summed E-state index contributed by atoms with van der Waals surface area (Å²) in [6, 6.07) is 7.04. The van der Waals surface area contributed by atoms with Crippen molar-refractivity contribution in [2.75, 3.05) is 19.5 Å². The molecule has 1 amide bonds. The van der Waals surface area contributed by atoms with Gasteiger partial charge in [-0.25, -0.2) is 4.98 Å². The molecule has 3 rings (SSSR count). The van der Waals surface area contributed by atoms with Crippen LogP contribution in [-0.4, -0.2) is 35.6 Å². The number of carbonyl (C=O) groups excluding carboxylic acids is 2. The second kappa shape index (κ2) is 7.58. The van der Waals surface area contributed by atoms with Gasteiger partial charge in [-0.15, -0.1) is 11.3 Å². The number of thiophene rings is 1. The zero-order valence-electron chi connectivity index (χ0n) is 14.9. The maximum Gasteiger partial charge on any atom is 0.325 e. The molecule has 0 aliphatic heterocycles. The van der Waals surface area contributed by atoms with Gasteiger partial charge in [0.2, 0.25) is 0 Å². The molecule has 0 spiro atoms. The Bertz CT molecular complexity index is 1090. The van der Waals surface area contributed by atoms with Gasteiger partial charge in [0.15, 0.2) is 0 Å². The summed E-state index contributed by atoms with van der Waals surface area (Å²) >= 11 is 1.12. The Labute approximate surface area is 158 Å². The molecule has 0 saturated heterocycles. The van der Waals surface area contributed by atoms with Gasteiger partial charge in [-0.05, 0) is 24.6 Å². The molecule has 2 heterocycles. The van der Waals surface area contributed by atoms with E-state index in [0.29, 0.717) is 32.1 Å². The summed E-state index contributed by atoms with van der Waals surface area (Å²) in [7, 11) is 2.76. The fraction of sp³-hybridized carbons (Fsp3) is 0.222. The SMILES string of the molecule is COC(=O)Cn1cnc2sc(C(=O)Nc3ccccc3OC)c(C)c2c1=O. The number of aromatic nitrogens is 2. The molecule has 0 radical (unpaired) electrons. The lowest BCUT2D eigenvalue weighted by atomic mass is 10.2. The summed E-state index contributed by atoms with van der Waals surface area (Å²) in [4.78, 5) is 41.8. The first-order valence-corrected chi connectivity index (χ1v) is 8.77. The number of para-hydroxylation sites is 2. The molecule has 1 aromatic carbocycles. The average Bonchev–Trinajstić information content (AvgIpc) is 3.01. The van der Waals surface area contributed by atoms with Crippen LogP contribution >= 0.6 is 11.3 Å². The normalized spacial score (nSPS) is 10.6. The maximum absolute atomic E-state index is 12.7. The highest BCUT2D eigenvalue weighted by Crippen LogP contribution is 2.29. The lowest BCUT2D eigenvalue weighted by Crippen LogP contribution is -2.25. The lowest BCUT2D eigenvalue weighted by molar-refractivity contribution is -0.141. The Hall–Kier alpha value is -3.20. The number of carbonyl (C=O) groups is 2. The molecule has 0 aliphatic carbocycles. The molecule has 2 aromatic heterocycles. The minimum Gasteiger partial charge on any atom is -0.495 e. The smallest absolute Gasteiger partial charge is 0.325 e. The van der Waals surface area contributed by atoms with Crippen molar-refractivity contribution in [1.29, 1.82) is 0 Å². The predicted octanol–water partition coefficient (Wildman–Crippen LogP) is 2.20. The molecular formula is C18H17N3O5S. The highest BCUT2D eigenvalue weighted by molar-refractivity contribution is 7.20. The van der Waals surface area contributed by atoms with Gasteiger partial charge in [0.25, 0.3) is 11.5 Å². The number of nitrogens with zero attached hydrogens (tertiary/aromatic N) is 2. The van der Waals surface area contributed by atoms with Crippen molar-refractivity contribution >= 4 is 39.1 Å². The van der Waals surface area contributed by atoms with Crippen molar-refractivity contribution in [3.05, 3.63) is 51.4 Å². The molecule has 3 aromatic rings. The largest absolute Gasteiger partial charge is 0.495 e. The first-order chi connectivity index (χ1) is 13.0. The Kier molecular flexibility index (Phi) is 5.22. The van der Waals surface area contributed by atoms with E-state index in [0.717, 1.165) is 15.9 Å². The van der Waals surface area contributed by atoms with Crippen molar-refractivity contribution in [1.82, 2.24) is 9.55 Å². The van der Waals surface area contributed by atoms with Crippen LogP contribution in [0.2, 0.25) is 0 Å². The number of ether oxygens (including phenoxy) is 2. The minimum absolute atomic E-state index is 0.240. The topological polar surface area (TPSA) is 99.5 Å². The summed E-state index contributed by atoms with van der Waals surface area (Å²) < 4.78 is 11.0. The number of esters is 1. The summed E-state index contributed by atoms with van der Waals surface area (Å²) in [5, 5.41) is 3.11. The molecule has 8 nitrogen and oxygen atoms in total. The van der Waals surface area contributed by atoms with Crippen molar-refractivity contribution in [3.63, 3.8) is 0 Å². The van der Waals surface area contributed by atoms with Gasteiger partial charge >= 0.3 is 5.97 Å². The molecule has 1 N–H and O–H groups in total. The monoisotopic (exact) mass is 387 g/mol. The molecular weight excluding hydrogens is 370 g/mol. The van der Waals surface area contributed by atoms with Crippen LogP contribution in [0.1, 0.15) is 15.2 Å². The van der Waals surface area contributed by atoms with E-state index in [2.05, 4.69) is 15.0 Å². The first kappa shape index (κ1) is 18.6. The number of rotatable bonds is 5. The Morgan fingerprint density at radius 3 is 2.70 bits per heavy atom. The van der Waals surface area contributed by atoms with Gasteiger partial charge in [-0.2, -0.15) is 0 Å². The Morgan fingerprint density at radius 2 is 2.00 bits per heavy atom. The van der Waals surface area contributed by atoms with E-state index in [1.165, 1.54) is 20.5 Å². The Morgan fingerprint density at radius 1 is 1.26 bits per heavy atom. The minimum atomic E-state index is -0.555. The molecule has 0 bridgehead atoms. The van der Waals surface area contributed by atoms with E-state index in [9.17, 15) is 14.4 Å². The number of fused-ring (bicyclic) bond motifs is 1. The van der Waals surface area contributed by atoms with Crippen molar-refractivity contribution in [3.8, 4) is 5.75 Å². The number of nitrogens with one attached hydrogen (secondary N) is 1. The third-order valence-electron chi connectivity index (χ3n) is 4.01. The van der Waals surface area contributed by atoms with Gasteiger partial charge in [-0.1, -0.05) is 12.1 Å². The van der Waals surface area contributed by atoms with E-state index in [1.807, 2.05) is 0 Å². The van der Waals surface area contributed by atoms with E-state index >= 15 is 0 Å². The van der Waals surface area contributed by atoms with Crippen LogP contribution in [-0.2, 0) is 16.1 Å². The first-order valence-electron chi connectivity index (χ1n) is 7.96. The van der Waals surface area contributed by atoms with Crippen molar-refractivity contribution in [2.24, 2.45) is 0 Å². The number of methoxy groups -OCH3 is 2. The van der Waals surface area contributed by atoms with Gasteiger partial charge in [0.1, 0.15) is 17.1 Å². The molecule has 0 unspecified atom stereocenters. The summed E-state index contributed by atoms with van der Waals surface area (Å²) in [6.45, 7) is 1.44. The van der Waals surface area contributed by atoms with Crippen molar-refractivity contribution < 1.29 is 19.1 Å². The van der Waals surface area contributed by atoms with E-state index in [4.69, 9.17) is 4.74 Å². The Balaban J connectivity index is 1.99. The van der Waals surface area contributed by atoms with E-state index in [-0.39, 0.29) is 12.5 Å². The highest BCUT2D eigenvalue weighted by Gasteiger charge is 2.21. The molecule has 0 saturated carbocycles. The fourth-order valence-corrected chi connectivity index (χ4v) is 3.65. The van der Waals surface area contributed by atoms with Crippen LogP contribution in [0.15, 0.2) is 35.4 Å². The zero-order valence-corrected chi connectivity index (χ0v) is 15.8. The van der Waals surface area contributed by atoms with Crippen LogP contribution in [0, 0.1) is 6.92 Å². The van der Waals surface area contributed by atoms with E-state index in [1.54, 1.807) is 31.2 Å². The molecule has 0 fully saturated rings. The maximum atomic E-state index is 12.7. The lowest BCUT2D eigenvalue weighted by Gasteiger charge is -2.09. The molecule has 0 aliphatic rings. The third-order valence-corrected chi connectivity index (χ3v) is 5.20. The number of benzene rings is 1. The summed E-state index contributed by atoms with van der Waals surface area (Å²) in [5.41, 5.74) is 0.646. The summed E-state index contributed by atoms with van der Waals surface area (Å²) in [6.07, 6.45) is 1.28. The third kappa shape index (κ3) is 3.54. The number of amides is 1. The number of hydrogen-bond donors (Lipinski definition) is 1. The quantitative estimate of drug-likeness (QED) is 0.674. The number of anilines is 1. The number of aryl methyl sites for hydroxylation is 1. The number of hydrogen-bond acceptors (Lipinski definition) is 7. The van der Waals surface area contributed by atoms with Crippen LogP contribution in [0.3, 0.4) is 0 Å². The van der Waals surface area contributed by atoms with Crippen LogP contribution in [0.4, 0.5) is 5.69 Å². The standard InChI is InChI=1S/C18H17N3O5S/c1-10-14-17(19-9-21(18(14)24)8-13(22)26-3)27-15(10)16(23)20-11-6-4-5-7-12(11)25-2/h4-7,9H,8H2,1-3H3,(H,20,23).